The highest BCUT2D eigenvalue weighted by atomic mass is 35.5. The van der Waals surface area contributed by atoms with Crippen molar-refractivity contribution in [1.29, 1.82) is 0 Å². The third kappa shape index (κ3) is 4.54. The molecule has 2 heterocycles. The van der Waals surface area contributed by atoms with Crippen LogP contribution in [-0.2, 0) is 9.59 Å². The van der Waals surface area contributed by atoms with Gasteiger partial charge in [0.25, 0.3) is 0 Å². The number of rotatable bonds is 6. The zero-order valence-corrected chi connectivity index (χ0v) is 15.6. The average Bonchev–Trinajstić information content (AvgIpc) is 3.14. The topological polar surface area (TPSA) is 52.7 Å². The number of amides is 2. The molecule has 0 bridgehead atoms. The van der Waals surface area contributed by atoms with Crippen LogP contribution in [0.25, 0.3) is 0 Å². The number of likely N-dealkylation sites (tertiary alicyclic amines) is 2. The second-order valence-corrected chi connectivity index (χ2v) is 7.38. The number of nitrogens with one attached hydrogen (secondary N) is 1. The Morgan fingerprint density at radius 2 is 1.92 bits per heavy atom. The quantitative estimate of drug-likeness (QED) is 0.824. The maximum atomic E-state index is 14.4. The van der Waals surface area contributed by atoms with Gasteiger partial charge >= 0.3 is 0 Å². The lowest BCUT2D eigenvalue weighted by atomic mass is 10.0. The van der Waals surface area contributed by atoms with Crippen LogP contribution < -0.4 is 5.32 Å². The Labute approximate surface area is 158 Å². The molecule has 0 aliphatic carbocycles. The summed E-state index contributed by atoms with van der Waals surface area (Å²) in [5.74, 6) is -0.536. The molecule has 2 fully saturated rings. The van der Waals surface area contributed by atoms with Crippen molar-refractivity contribution >= 4 is 23.4 Å². The number of carbonyl (C=O) groups excluding carboxylic acids is 2. The number of carbonyl (C=O) groups is 2. The summed E-state index contributed by atoms with van der Waals surface area (Å²) in [6.45, 7) is 2.69. The van der Waals surface area contributed by atoms with Gasteiger partial charge in [0.1, 0.15) is 5.82 Å². The first-order chi connectivity index (χ1) is 12.6. The molecule has 1 unspecified atom stereocenters. The fraction of sp³-hybridized carbons (Fsp3) is 0.579. The summed E-state index contributed by atoms with van der Waals surface area (Å²) >= 11 is 6.26. The minimum Gasteiger partial charge on any atom is -0.353 e. The molecule has 2 aliphatic heterocycles. The summed E-state index contributed by atoms with van der Waals surface area (Å²) in [6, 6.07) is 4.37. The molecule has 0 saturated carbocycles. The van der Waals surface area contributed by atoms with Crippen LogP contribution in [0.15, 0.2) is 18.2 Å². The van der Waals surface area contributed by atoms with Gasteiger partial charge in [-0.05, 0) is 50.9 Å². The molecule has 1 N–H and O–H groups in total. The van der Waals surface area contributed by atoms with E-state index in [4.69, 9.17) is 11.6 Å². The number of nitrogens with zero attached hydrogens (tertiary/aromatic N) is 2. The summed E-state index contributed by atoms with van der Waals surface area (Å²) in [6.07, 6.45) is 4.44. The van der Waals surface area contributed by atoms with Gasteiger partial charge in [-0.3, -0.25) is 14.5 Å². The lowest BCUT2D eigenvalue weighted by Gasteiger charge is -2.30. The van der Waals surface area contributed by atoms with Gasteiger partial charge < -0.3 is 10.2 Å². The molecule has 7 heteroatoms. The SMILES string of the molecule is O=C(CN1CCCCC1=O)NCC(c1c(F)cccc1Cl)N1CCCC1. The summed E-state index contributed by atoms with van der Waals surface area (Å²) in [7, 11) is 0. The van der Waals surface area contributed by atoms with Crippen LogP contribution in [0.2, 0.25) is 5.02 Å². The lowest BCUT2D eigenvalue weighted by molar-refractivity contribution is -0.137. The highest BCUT2D eigenvalue weighted by molar-refractivity contribution is 6.31. The molecule has 1 aromatic rings. The molecular weight excluding hydrogens is 357 g/mol. The van der Waals surface area contributed by atoms with E-state index >= 15 is 0 Å². The van der Waals surface area contributed by atoms with Crippen LogP contribution in [0, 0.1) is 5.82 Å². The van der Waals surface area contributed by atoms with Gasteiger partial charge in [-0.2, -0.15) is 0 Å². The zero-order chi connectivity index (χ0) is 18.5. The molecular formula is C19H25ClFN3O2. The first kappa shape index (κ1) is 19.1. The van der Waals surface area contributed by atoms with Gasteiger partial charge in [-0.25, -0.2) is 4.39 Å². The number of halogens is 2. The van der Waals surface area contributed by atoms with Crippen molar-refractivity contribution in [2.45, 2.75) is 38.1 Å². The lowest BCUT2D eigenvalue weighted by Crippen LogP contribution is -2.45. The Kier molecular flexibility index (Phi) is 6.48. The molecule has 1 atom stereocenters. The third-order valence-electron chi connectivity index (χ3n) is 5.16. The van der Waals surface area contributed by atoms with Gasteiger partial charge in [-0.15, -0.1) is 0 Å². The van der Waals surface area contributed by atoms with Crippen LogP contribution in [0.1, 0.15) is 43.7 Å². The minimum absolute atomic E-state index is 0.0274. The zero-order valence-electron chi connectivity index (χ0n) is 14.8. The van der Waals surface area contributed by atoms with E-state index in [0.29, 0.717) is 23.6 Å². The Hall–Kier alpha value is -1.66. The van der Waals surface area contributed by atoms with Gasteiger partial charge in [0, 0.05) is 30.1 Å². The fourth-order valence-electron chi connectivity index (χ4n) is 3.76. The van der Waals surface area contributed by atoms with Crippen molar-refractivity contribution in [3.05, 3.63) is 34.6 Å². The van der Waals surface area contributed by atoms with Crippen molar-refractivity contribution in [3.8, 4) is 0 Å². The fourth-order valence-corrected chi connectivity index (χ4v) is 4.05. The molecule has 3 rings (SSSR count). The molecule has 26 heavy (non-hydrogen) atoms. The van der Waals surface area contributed by atoms with E-state index in [1.165, 1.54) is 6.07 Å². The van der Waals surface area contributed by atoms with Crippen LogP contribution in [0.3, 0.4) is 0 Å². The standard InChI is InChI=1S/C19H25ClFN3O2/c20-14-6-5-7-15(21)19(14)16(23-9-3-4-10-23)12-22-17(25)13-24-11-2-1-8-18(24)26/h5-7,16H,1-4,8-13H2,(H,22,25). The number of piperidine rings is 1. The second-order valence-electron chi connectivity index (χ2n) is 6.97. The number of hydrogen-bond acceptors (Lipinski definition) is 3. The smallest absolute Gasteiger partial charge is 0.239 e. The van der Waals surface area contributed by atoms with Gasteiger partial charge in [0.2, 0.25) is 11.8 Å². The van der Waals surface area contributed by atoms with Crippen molar-refractivity contribution < 1.29 is 14.0 Å². The van der Waals surface area contributed by atoms with E-state index in [9.17, 15) is 14.0 Å². The van der Waals surface area contributed by atoms with E-state index < -0.39 is 0 Å². The predicted molar refractivity (Wildman–Crippen MR) is 98.4 cm³/mol. The largest absolute Gasteiger partial charge is 0.353 e. The van der Waals surface area contributed by atoms with Crippen LogP contribution in [-0.4, -0.2) is 54.3 Å². The summed E-state index contributed by atoms with van der Waals surface area (Å²) in [4.78, 5) is 27.9. The Bertz CT molecular complexity index is 644. The Morgan fingerprint density at radius 3 is 2.62 bits per heavy atom. The van der Waals surface area contributed by atoms with E-state index in [2.05, 4.69) is 10.2 Å². The monoisotopic (exact) mass is 381 g/mol. The van der Waals surface area contributed by atoms with Crippen LogP contribution >= 0.6 is 11.6 Å². The normalized spacial score (nSPS) is 19.6. The maximum absolute atomic E-state index is 14.4. The molecule has 2 saturated heterocycles. The first-order valence-electron chi connectivity index (χ1n) is 9.28. The molecule has 0 radical (unpaired) electrons. The van der Waals surface area contributed by atoms with Crippen LogP contribution in [0.4, 0.5) is 4.39 Å². The molecule has 5 nitrogen and oxygen atoms in total. The summed E-state index contributed by atoms with van der Waals surface area (Å²) in [5, 5.41) is 3.26. The average molecular weight is 382 g/mol. The van der Waals surface area contributed by atoms with E-state index in [0.717, 1.165) is 38.8 Å². The second kappa shape index (κ2) is 8.82. The molecule has 0 spiro atoms. The van der Waals surface area contributed by atoms with Crippen molar-refractivity contribution in [2.24, 2.45) is 0 Å². The number of hydrogen-bond donors (Lipinski definition) is 1. The van der Waals surface area contributed by atoms with Crippen LogP contribution in [0.5, 0.6) is 0 Å². The molecule has 1 aromatic carbocycles. The van der Waals surface area contributed by atoms with Gasteiger partial charge in [0.05, 0.1) is 12.6 Å². The van der Waals surface area contributed by atoms with E-state index in [1.54, 1.807) is 17.0 Å². The van der Waals surface area contributed by atoms with Crippen molar-refractivity contribution in [2.75, 3.05) is 32.7 Å². The molecule has 0 aromatic heterocycles. The van der Waals surface area contributed by atoms with E-state index in [1.807, 2.05) is 0 Å². The highest BCUT2D eigenvalue weighted by Gasteiger charge is 2.28. The summed E-state index contributed by atoms with van der Waals surface area (Å²) < 4.78 is 14.4. The first-order valence-corrected chi connectivity index (χ1v) is 9.66. The van der Waals surface area contributed by atoms with Gasteiger partial charge in [-0.1, -0.05) is 17.7 Å². The van der Waals surface area contributed by atoms with Gasteiger partial charge in [0.15, 0.2) is 0 Å². The Morgan fingerprint density at radius 1 is 1.19 bits per heavy atom. The number of benzene rings is 1. The summed E-state index contributed by atoms with van der Waals surface area (Å²) in [5.41, 5.74) is 0.436. The molecule has 2 amide bonds. The maximum Gasteiger partial charge on any atom is 0.239 e. The minimum atomic E-state index is -0.352. The van der Waals surface area contributed by atoms with E-state index in [-0.39, 0.29) is 36.8 Å². The van der Waals surface area contributed by atoms with Crippen molar-refractivity contribution in [1.82, 2.24) is 15.1 Å². The Balaban J connectivity index is 1.66. The predicted octanol–water partition coefficient (Wildman–Crippen LogP) is 2.74. The third-order valence-corrected chi connectivity index (χ3v) is 5.49. The molecule has 142 valence electrons. The van der Waals surface area contributed by atoms with Crippen molar-refractivity contribution in [3.63, 3.8) is 0 Å². The highest BCUT2D eigenvalue weighted by Crippen LogP contribution is 2.31. The molecule has 2 aliphatic rings.